The maximum Gasteiger partial charge on any atom is 1.00 e. The summed E-state index contributed by atoms with van der Waals surface area (Å²) in [4.78, 5) is 48.1. The van der Waals surface area contributed by atoms with Crippen LogP contribution in [-0.2, 0) is 34.6 Å². The van der Waals surface area contributed by atoms with Crippen molar-refractivity contribution in [3.63, 3.8) is 0 Å². The first-order valence-corrected chi connectivity index (χ1v) is 16.5. The van der Waals surface area contributed by atoms with Gasteiger partial charge in [0.15, 0.2) is 5.71 Å². The summed E-state index contributed by atoms with van der Waals surface area (Å²) in [5.74, 6) is -3.64. The van der Waals surface area contributed by atoms with Crippen molar-refractivity contribution >= 4 is 83.4 Å². The number of carbonyl (C=O) groups is 3. The molecule has 51 heavy (non-hydrogen) atoms. The van der Waals surface area contributed by atoms with E-state index in [2.05, 4.69) is 36.1 Å². The van der Waals surface area contributed by atoms with Crippen LogP contribution in [0.15, 0.2) is 80.6 Å². The number of benzene rings is 3. The summed E-state index contributed by atoms with van der Waals surface area (Å²) in [7, 11) is -9.79. The van der Waals surface area contributed by atoms with Gasteiger partial charge in [0.1, 0.15) is 25.8 Å². The SMILES string of the molecule is CCN1C(=O)C(C(N)=O)=C(C)/C(=N\Nc2cc(Nc3nc(F)nc(Nc4ccc5cc(S(=O)(=O)[O-])ccc5c4)n3)ccc2S(=O)(=O)[O-])C1=O.[Na+].[Na+]. The van der Waals surface area contributed by atoms with Crippen LogP contribution in [0.1, 0.15) is 13.8 Å². The van der Waals surface area contributed by atoms with Crippen molar-refractivity contribution in [2.75, 3.05) is 22.6 Å². The van der Waals surface area contributed by atoms with Crippen LogP contribution < -0.4 is 80.9 Å². The third-order valence-electron chi connectivity index (χ3n) is 6.96. The van der Waals surface area contributed by atoms with Gasteiger partial charge in [0.05, 0.1) is 15.5 Å². The Morgan fingerprint density at radius 2 is 1.43 bits per heavy atom. The number of carbonyl (C=O) groups excluding carboxylic acids is 3. The molecule has 5 rings (SSSR count). The van der Waals surface area contributed by atoms with E-state index < -0.39 is 70.8 Å². The van der Waals surface area contributed by atoms with Gasteiger partial charge in [0.2, 0.25) is 11.9 Å². The number of amides is 3. The molecule has 254 valence electrons. The van der Waals surface area contributed by atoms with Crippen LogP contribution in [0.3, 0.4) is 0 Å². The Kier molecular flexibility index (Phi) is 13.2. The average Bonchev–Trinajstić information content (AvgIpc) is 2.99. The number of hydrogen-bond donors (Lipinski definition) is 4. The predicted molar refractivity (Wildman–Crippen MR) is 168 cm³/mol. The van der Waals surface area contributed by atoms with Gasteiger partial charge in [-0.15, -0.1) is 0 Å². The molecule has 3 aromatic carbocycles. The van der Waals surface area contributed by atoms with Gasteiger partial charge in [0.25, 0.3) is 17.7 Å². The average molecular weight is 758 g/mol. The molecule has 4 aromatic rings. The largest absolute Gasteiger partial charge is 1.00 e. The monoisotopic (exact) mass is 757 g/mol. The van der Waals surface area contributed by atoms with Crippen molar-refractivity contribution in [3.8, 4) is 0 Å². The second-order valence-electron chi connectivity index (χ2n) is 10.1. The van der Waals surface area contributed by atoms with E-state index in [1.807, 2.05) is 0 Å². The Labute approximate surface area is 333 Å². The van der Waals surface area contributed by atoms with Gasteiger partial charge in [-0.05, 0) is 67.1 Å². The summed E-state index contributed by atoms with van der Waals surface area (Å²) in [6.45, 7) is 2.56. The Balaban J connectivity index is 0.00000351. The fraction of sp³-hybridized carbons (Fsp3) is 0.107. The summed E-state index contributed by atoms with van der Waals surface area (Å²) in [6.07, 6.45) is -1.23. The van der Waals surface area contributed by atoms with Crippen molar-refractivity contribution in [1.29, 1.82) is 0 Å². The van der Waals surface area contributed by atoms with Gasteiger partial charge in [-0.25, -0.2) is 16.8 Å². The summed E-state index contributed by atoms with van der Waals surface area (Å²) in [5, 5.41) is 10.3. The maximum atomic E-state index is 14.4. The zero-order valence-electron chi connectivity index (χ0n) is 27.1. The zero-order valence-corrected chi connectivity index (χ0v) is 32.7. The molecule has 3 amide bonds. The van der Waals surface area contributed by atoms with E-state index in [4.69, 9.17) is 5.73 Å². The number of hydrogen-bond acceptors (Lipinski definition) is 16. The quantitative estimate of drug-likeness (QED) is 0.0390. The Hall–Kier alpha value is -3.90. The van der Waals surface area contributed by atoms with Crippen LogP contribution in [0.5, 0.6) is 0 Å². The number of likely N-dealkylation sites (N-methyl/N-ethyl adjacent to an activating group) is 1. The van der Waals surface area contributed by atoms with E-state index in [9.17, 15) is 44.7 Å². The molecule has 1 aliphatic rings. The Bertz CT molecular complexity index is 2380. The zero-order chi connectivity index (χ0) is 35.8. The number of nitrogens with one attached hydrogen (secondary N) is 3. The molecule has 23 heteroatoms. The van der Waals surface area contributed by atoms with Crippen LogP contribution in [0.2, 0.25) is 0 Å². The van der Waals surface area contributed by atoms with Crippen molar-refractivity contribution < 1.29 is 104 Å². The number of aromatic nitrogens is 3. The molecule has 5 N–H and O–H groups in total. The summed E-state index contributed by atoms with van der Waals surface area (Å²) in [5.41, 5.74) is 6.38. The molecular formula is C28H22FN9Na2O9S2. The molecule has 0 aliphatic carbocycles. The van der Waals surface area contributed by atoms with Crippen molar-refractivity contribution in [2.45, 2.75) is 23.6 Å². The topological polar surface area (TPSA) is 282 Å². The van der Waals surface area contributed by atoms with Gasteiger partial charge < -0.3 is 25.5 Å². The second-order valence-corrected chi connectivity index (χ2v) is 12.9. The molecule has 0 unspecified atom stereocenters. The van der Waals surface area contributed by atoms with Gasteiger partial charge in [-0.3, -0.25) is 24.7 Å². The predicted octanol–water partition coefficient (Wildman–Crippen LogP) is -4.57. The number of rotatable bonds is 10. The molecule has 0 fully saturated rings. The van der Waals surface area contributed by atoms with Gasteiger partial charge in [-0.2, -0.15) is 24.4 Å². The third-order valence-corrected chi connectivity index (χ3v) is 8.68. The van der Waals surface area contributed by atoms with Crippen molar-refractivity contribution in [2.24, 2.45) is 10.8 Å². The summed E-state index contributed by atoms with van der Waals surface area (Å²) in [6, 6.07) is 11.4. The van der Waals surface area contributed by atoms with Gasteiger partial charge in [-0.1, -0.05) is 12.1 Å². The minimum atomic E-state index is -5.13. The molecule has 0 radical (unpaired) electrons. The molecule has 0 bridgehead atoms. The first-order chi connectivity index (χ1) is 23.0. The standard InChI is InChI=1S/C28H24FN9O9S2.2Na/c1-3-38-24(40)21(23(30)39)13(2)22(25(38)41)37-36-19-12-17(7-9-20(19)49(45,46)47)32-28-34-26(29)33-27(35-28)31-16-6-4-15-11-18(48(42,43)44)8-5-14(15)10-16;;/h4-12,36H,3H2,1-2H3,(H2,30,39)(H,42,43,44)(H,45,46,47)(H2,31,32,33,34,35);;/q;2*+1/p-2/b37-22+;;. The number of fused-ring (bicyclic) bond motifs is 1. The molecule has 2 heterocycles. The van der Waals surface area contributed by atoms with Crippen molar-refractivity contribution in [1.82, 2.24) is 19.9 Å². The number of nitrogens with two attached hydrogens (primary N) is 1. The van der Waals surface area contributed by atoms with Gasteiger partial charge in [0, 0.05) is 23.5 Å². The normalized spacial score (nSPS) is 14.2. The number of nitrogens with zero attached hydrogens (tertiary/aromatic N) is 5. The smallest absolute Gasteiger partial charge is 0.744 e. The van der Waals surface area contributed by atoms with Gasteiger partial charge >= 0.3 is 65.2 Å². The molecule has 18 nitrogen and oxygen atoms in total. The molecule has 0 saturated carbocycles. The minimum Gasteiger partial charge on any atom is -0.744 e. The number of primary amides is 1. The van der Waals surface area contributed by atoms with Crippen LogP contribution in [0.4, 0.5) is 33.3 Å². The minimum absolute atomic E-state index is 0. The van der Waals surface area contributed by atoms with Crippen LogP contribution in [0.25, 0.3) is 10.8 Å². The number of anilines is 5. The van der Waals surface area contributed by atoms with E-state index in [0.717, 1.165) is 24.3 Å². The molecule has 1 aliphatic heterocycles. The number of halogens is 1. The second kappa shape index (κ2) is 16.2. The van der Waals surface area contributed by atoms with E-state index in [0.29, 0.717) is 21.4 Å². The third kappa shape index (κ3) is 9.32. The molecule has 0 spiro atoms. The number of imide groups is 1. The van der Waals surface area contributed by atoms with E-state index in [1.54, 1.807) is 6.07 Å². The first kappa shape index (κ1) is 41.5. The van der Waals surface area contributed by atoms with Crippen LogP contribution in [0, 0.1) is 6.08 Å². The summed E-state index contributed by atoms with van der Waals surface area (Å²) < 4.78 is 84.4. The molecule has 0 atom stereocenters. The molecular weight excluding hydrogens is 735 g/mol. The number of hydrazone groups is 1. The first-order valence-electron chi connectivity index (χ1n) is 13.7. The Morgan fingerprint density at radius 3 is 2.00 bits per heavy atom. The fourth-order valence-electron chi connectivity index (χ4n) is 4.71. The van der Waals surface area contributed by atoms with Crippen molar-refractivity contribution in [3.05, 3.63) is 71.8 Å². The van der Waals surface area contributed by atoms with E-state index in [-0.39, 0.29) is 88.8 Å². The van der Waals surface area contributed by atoms with Crippen LogP contribution in [-0.4, -0.2) is 75.8 Å². The van der Waals surface area contributed by atoms with E-state index >= 15 is 0 Å². The summed E-state index contributed by atoms with van der Waals surface area (Å²) >= 11 is 0. The molecule has 0 saturated heterocycles. The fourth-order valence-corrected chi connectivity index (χ4v) is 5.82. The Morgan fingerprint density at radius 1 is 0.863 bits per heavy atom. The molecule has 1 aromatic heterocycles. The van der Waals surface area contributed by atoms with E-state index in [1.165, 1.54) is 38.1 Å². The van der Waals surface area contributed by atoms with Crippen LogP contribution >= 0.6 is 0 Å². The maximum absolute atomic E-state index is 14.4.